The molecule has 1 atom stereocenters. The number of allylic oxidation sites excluding steroid dienone is 16. The third kappa shape index (κ3) is 4.98. The van der Waals surface area contributed by atoms with Crippen LogP contribution in [0.4, 0.5) is 0 Å². The Kier molecular flexibility index (Phi) is 8.13. The maximum Gasteiger partial charge on any atom is 0.0716 e. The zero-order valence-electron chi connectivity index (χ0n) is 36.6. The summed E-state index contributed by atoms with van der Waals surface area (Å²) in [7, 11) is 0. The lowest BCUT2D eigenvalue weighted by molar-refractivity contribution is 0.616. The van der Waals surface area contributed by atoms with Gasteiger partial charge in [0.1, 0.15) is 0 Å². The minimum absolute atomic E-state index is 0.474. The second kappa shape index (κ2) is 14.3. The highest BCUT2D eigenvalue weighted by Gasteiger charge is 2.60. The van der Waals surface area contributed by atoms with E-state index in [1.807, 2.05) is 0 Å². The van der Waals surface area contributed by atoms with E-state index in [2.05, 4.69) is 225 Å². The van der Waals surface area contributed by atoms with Gasteiger partial charge >= 0.3 is 0 Å². The van der Waals surface area contributed by atoms with E-state index in [9.17, 15) is 0 Å². The van der Waals surface area contributed by atoms with Gasteiger partial charge in [-0.1, -0.05) is 206 Å². The highest BCUT2D eigenvalue weighted by Crippen LogP contribution is 2.70. The molecule has 1 nitrogen and oxygen atoms in total. The molecule has 1 unspecified atom stereocenters. The molecule has 310 valence electrons. The first-order chi connectivity index (χ1) is 32.8. The van der Waals surface area contributed by atoms with E-state index < -0.39 is 10.8 Å². The Morgan fingerprint density at radius 2 is 1.12 bits per heavy atom. The van der Waals surface area contributed by atoms with Crippen LogP contribution in [0.1, 0.15) is 70.5 Å². The van der Waals surface area contributed by atoms with Crippen LogP contribution >= 0.6 is 0 Å². The molecule has 0 fully saturated rings. The van der Waals surface area contributed by atoms with Gasteiger partial charge in [-0.3, -0.25) is 0 Å². The number of hydrogen-bond acceptors (Lipinski definition) is 1. The van der Waals surface area contributed by atoms with E-state index in [-0.39, 0.29) is 0 Å². The molecular formula is C65H45N. The van der Waals surface area contributed by atoms with Crippen molar-refractivity contribution in [2.45, 2.75) is 36.5 Å². The standard InChI is InChI=1S/C65H45N/c1-5-21-42(22-6-1)44-39-45(66-61(40-44)43-23-7-2-8-24-43)41-52-46-25-13-14-28-49(46)62-50(52)37-38-60-63(62)51-29-17-20-32-55(51)65(60)58-35-11-3-9-33-56(58)64(57-34-10-4-12-36-59(57)65)53-30-18-15-26-47(53)48-27-16-19-31-54(48)64/h1-3,5-7,9-23,25-34,36-41H,4,8,24,35H2/b52-41+. The SMILES string of the molecule is C1=CCCC(c2cc(-c3ccccc3)cc(/C=C3\c4ccccc4-c4c3ccc3c4-c4ccccc4C34C3=C(C=CCC=C3)C3(C5=C4CC=CC=C5)c4ccccc4-c4ccccc43)n2)=C1. The number of fused-ring (bicyclic) bond motifs is 18. The highest BCUT2D eigenvalue weighted by molar-refractivity contribution is 6.13. The topological polar surface area (TPSA) is 12.9 Å². The van der Waals surface area contributed by atoms with Crippen LogP contribution in [0.15, 0.2) is 241 Å². The number of rotatable bonds is 3. The number of benzene rings is 6. The summed E-state index contributed by atoms with van der Waals surface area (Å²) in [5, 5.41) is 0. The molecule has 1 aromatic heterocycles. The van der Waals surface area contributed by atoms with Crippen molar-refractivity contribution in [1.29, 1.82) is 0 Å². The molecule has 7 aromatic rings. The molecule has 6 aromatic carbocycles. The third-order valence-electron chi connectivity index (χ3n) is 15.5. The Bertz CT molecular complexity index is 3530. The second-order valence-electron chi connectivity index (χ2n) is 18.6. The number of hydrogen-bond donors (Lipinski definition) is 0. The fourth-order valence-electron chi connectivity index (χ4n) is 13.0. The largest absolute Gasteiger partial charge is 0.249 e. The molecule has 0 amide bonds. The number of aromatic nitrogens is 1. The van der Waals surface area contributed by atoms with Gasteiger partial charge in [-0.2, -0.15) is 0 Å². The first-order valence-electron chi connectivity index (χ1n) is 23.6. The Morgan fingerprint density at radius 3 is 1.86 bits per heavy atom. The summed E-state index contributed by atoms with van der Waals surface area (Å²) in [5.41, 5.74) is 27.5. The Morgan fingerprint density at radius 1 is 0.455 bits per heavy atom. The van der Waals surface area contributed by atoms with E-state index in [1.165, 1.54) is 111 Å². The normalized spacial score (nSPS) is 20.1. The first kappa shape index (κ1) is 37.5. The molecule has 7 aliphatic rings. The highest BCUT2D eigenvalue weighted by atomic mass is 14.7. The minimum atomic E-state index is -0.530. The molecule has 1 heterocycles. The second-order valence-corrected chi connectivity index (χ2v) is 18.6. The van der Waals surface area contributed by atoms with Gasteiger partial charge in [0, 0.05) is 0 Å². The van der Waals surface area contributed by atoms with Crippen molar-refractivity contribution >= 4 is 17.2 Å². The van der Waals surface area contributed by atoms with Gasteiger partial charge in [0.2, 0.25) is 0 Å². The molecule has 66 heavy (non-hydrogen) atoms. The van der Waals surface area contributed by atoms with Gasteiger partial charge in [-0.25, -0.2) is 4.98 Å². The van der Waals surface area contributed by atoms with Gasteiger partial charge in [0.15, 0.2) is 0 Å². The van der Waals surface area contributed by atoms with Crippen molar-refractivity contribution in [2.75, 3.05) is 0 Å². The van der Waals surface area contributed by atoms with Crippen molar-refractivity contribution in [3.63, 3.8) is 0 Å². The summed E-state index contributed by atoms with van der Waals surface area (Å²) in [4.78, 5) is 5.43. The monoisotopic (exact) mass is 839 g/mol. The molecule has 7 aliphatic carbocycles. The van der Waals surface area contributed by atoms with Crippen LogP contribution < -0.4 is 0 Å². The maximum absolute atomic E-state index is 5.43. The van der Waals surface area contributed by atoms with Crippen molar-refractivity contribution in [1.82, 2.24) is 4.98 Å². The number of pyridine rings is 1. The molecule has 0 saturated heterocycles. The lowest BCUT2D eigenvalue weighted by Crippen LogP contribution is -2.43. The fraction of sp³-hybridized carbons (Fsp3) is 0.0923. The molecule has 2 spiro atoms. The van der Waals surface area contributed by atoms with Gasteiger partial charge < -0.3 is 0 Å². The van der Waals surface area contributed by atoms with Gasteiger partial charge in [0.25, 0.3) is 0 Å². The van der Waals surface area contributed by atoms with Crippen LogP contribution in [-0.2, 0) is 10.8 Å². The molecule has 0 saturated carbocycles. The molecule has 0 aliphatic heterocycles. The average Bonchev–Trinajstić information content (AvgIpc) is 3.71. The van der Waals surface area contributed by atoms with Crippen molar-refractivity contribution in [2.24, 2.45) is 0 Å². The summed E-state index contributed by atoms with van der Waals surface area (Å²) in [6, 6.07) is 57.2. The fourth-order valence-corrected chi connectivity index (χ4v) is 13.0. The van der Waals surface area contributed by atoms with Gasteiger partial charge in [-0.05, 0) is 155 Å². The molecular weight excluding hydrogens is 795 g/mol. The zero-order chi connectivity index (χ0) is 43.4. The third-order valence-corrected chi connectivity index (χ3v) is 15.5. The van der Waals surface area contributed by atoms with Crippen LogP contribution in [0.3, 0.4) is 0 Å². The van der Waals surface area contributed by atoms with E-state index >= 15 is 0 Å². The van der Waals surface area contributed by atoms with E-state index in [0.717, 1.165) is 37.1 Å². The summed E-state index contributed by atoms with van der Waals surface area (Å²) >= 11 is 0. The molecule has 0 radical (unpaired) electrons. The summed E-state index contributed by atoms with van der Waals surface area (Å²) < 4.78 is 0. The summed E-state index contributed by atoms with van der Waals surface area (Å²) in [5.74, 6) is 0. The maximum atomic E-state index is 5.43. The van der Waals surface area contributed by atoms with E-state index in [1.54, 1.807) is 0 Å². The lowest BCUT2D eigenvalue weighted by Gasteiger charge is -2.49. The smallest absolute Gasteiger partial charge is 0.0716 e. The van der Waals surface area contributed by atoms with E-state index in [4.69, 9.17) is 4.98 Å². The summed E-state index contributed by atoms with van der Waals surface area (Å²) in [6.45, 7) is 0. The van der Waals surface area contributed by atoms with E-state index in [0.29, 0.717) is 0 Å². The number of nitrogens with zero attached hydrogens (tertiary/aromatic N) is 1. The lowest BCUT2D eigenvalue weighted by atomic mass is 9.51. The van der Waals surface area contributed by atoms with Gasteiger partial charge in [-0.15, -0.1) is 0 Å². The van der Waals surface area contributed by atoms with Crippen LogP contribution in [0.2, 0.25) is 0 Å². The van der Waals surface area contributed by atoms with Crippen LogP contribution in [-0.4, -0.2) is 4.98 Å². The molecule has 0 bridgehead atoms. The van der Waals surface area contributed by atoms with Crippen LogP contribution in [0, 0.1) is 0 Å². The Labute approximate surface area is 387 Å². The predicted octanol–water partition coefficient (Wildman–Crippen LogP) is 15.9. The Balaban J connectivity index is 1.06. The van der Waals surface area contributed by atoms with Crippen LogP contribution in [0.25, 0.3) is 61.7 Å². The molecule has 1 heteroatoms. The van der Waals surface area contributed by atoms with Crippen LogP contribution in [0.5, 0.6) is 0 Å². The minimum Gasteiger partial charge on any atom is -0.249 e. The van der Waals surface area contributed by atoms with Gasteiger partial charge in [0.05, 0.1) is 22.2 Å². The summed E-state index contributed by atoms with van der Waals surface area (Å²) in [6.07, 6.45) is 32.1. The molecule has 0 N–H and O–H groups in total. The van der Waals surface area contributed by atoms with Crippen molar-refractivity contribution < 1.29 is 0 Å². The Hall–Kier alpha value is -7.87. The van der Waals surface area contributed by atoms with Crippen molar-refractivity contribution in [3.05, 3.63) is 286 Å². The zero-order valence-corrected chi connectivity index (χ0v) is 36.6. The van der Waals surface area contributed by atoms with Crippen molar-refractivity contribution in [3.8, 4) is 44.5 Å². The first-order valence-corrected chi connectivity index (χ1v) is 23.6. The predicted molar refractivity (Wildman–Crippen MR) is 274 cm³/mol. The average molecular weight is 840 g/mol. The quantitative estimate of drug-likeness (QED) is 0.173. The molecule has 14 rings (SSSR count).